The smallest absolute Gasteiger partial charge is 0.258 e. The van der Waals surface area contributed by atoms with Crippen LogP contribution in [0.25, 0.3) is 15.8 Å². The molecule has 2 bridgehead atoms. The van der Waals surface area contributed by atoms with Crippen LogP contribution in [0.1, 0.15) is 34.9 Å². The summed E-state index contributed by atoms with van der Waals surface area (Å²) >= 11 is 1.89. The maximum absolute atomic E-state index is 12.8. The molecule has 2 aliphatic rings. The molecule has 2 atom stereocenters. The highest BCUT2D eigenvalue weighted by Gasteiger charge is 2.34. The molecule has 4 aromatic rings. The van der Waals surface area contributed by atoms with Crippen LogP contribution < -0.4 is 15.6 Å². The van der Waals surface area contributed by atoms with Crippen molar-refractivity contribution >= 4 is 21.4 Å². The van der Waals surface area contributed by atoms with Gasteiger partial charge < -0.3 is 10.1 Å². The van der Waals surface area contributed by atoms with Crippen molar-refractivity contribution in [3.8, 4) is 11.4 Å². The normalized spacial score (nSPS) is 19.7. The molecule has 1 fully saturated rings. The predicted octanol–water partition coefficient (Wildman–Crippen LogP) is 4.98. The highest BCUT2D eigenvalue weighted by molar-refractivity contribution is 7.19. The van der Waals surface area contributed by atoms with E-state index < -0.39 is 0 Å². The summed E-state index contributed by atoms with van der Waals surface area (Å²) in [6.45, 7) is 0.452. The van der Waals surface area contributed by atoms with Crippen LogP contribution >= 0.6 is 11.3 Å². The molecule has 0 aliphatic carbocycles. The lowest BCUT2D eigenvalue weighted by Gasteiger charge is -2.21. The van der Waals surface area contributed by atoms with E-state index in [1.807, 2.05) is 47.7 Å². The van der Waals surface area contributed by atoms with Gasteiger partial charge >= 0.3 is 0 Å². The summed E-state index contributed by atoms with van der Waals surface area (Å²) in [6.07, 6.45) is 5.45. The van der Waals surface area contributed by atoms with Gasteiger partial charge in [0.1, 0.15) is 12.4 Å². The van der Waals surface area contributed by atoms with Gasteiger partial charge in [0, 0.05) is 33.9 Å². The molecule has 0 saturated carbocycles. The Bertz CT molecular complexity index is 1290. The zero-order valence-electron chi connectivity index (χ0n) is 16.5. The second-order valence-electron chi connectivity index (χ2n) is 8.16. The summed E-state index contributed by atoms with van der Waals surface area (Å²) < 4.78 is 8.76. The first kappa shape index (κ1) is 17.9. The summed E-state index contributed by atoms with van der Waals surface area (Å²) in [5, 5.41) is 5.09. The average molecular weight is 415 g/mol. The average Bonchev–Trinajstić information content (AvgIpc) is 3.33. The van der Waals surface area contributed by atoms with Gasteiger partial charge in [-0.1, -0.05) is 36.4 Å². The van der Waals surface area contributed by atoms with Crippen LogP contribution in [-0.4, -0.2) is 10.6 Å². The van der Waals surface area contributed by atoms with Crippen molar-refractivity contribution < 1.29 is 4.74 Å². The Kier molecular flexibility index (Phi) is 4.25. The molecule has 2 aromatic carbocycles. The van der Waals surface area contributed by atoms with E-state index in [0.717, 1.165) is 17.7 Å². The summed E-state index contributed by atoms with van der Waals surface area (Å²) in [5.74, 6) is 0.592. The minimum atomic E-state index is -0.0815. The molecule has 2 unspecified atom stereocenters. The maximum Gasteiger partial charge on any atom is 0.258 e. The van der Waals surface area contributed by atoms with Crippen molar-refractivity contribution in [1.29, 1.82) is 0 Å². The van der Waals surface area contributed by atoms with Crippen LogP contribution in [0.15, 0.2) is 71.7 Å². The number of nitrogens with one attached hydrogen (secondary N) is 1. The van der Waals surface area contributed by atoms with Gasteiger partial charge in [0.15, 0.2) is 0 Å². The van der Waals surface area contributed by atoms with E-state index in [2.05, 4.69) is 23.5 Å². The predicted molar refractivity (Wildman–Crippen MR) is 121 cm³/mol. The monoisotopic (exact) mass is 414 g/mol. The molecule has 4 heterocycles. The van der Waals surface area contributed by atoms with E-state index in [9.17, 15) is 4.79 Å². The SMILES string of the molecule is O=c1cc(OCc2ccccc2)ccn1-c1ccc2c3c(sc2c1)CC1CCC3N1. The Hall–Kier alpha value is -2.89. The first-order chi connectivity index (χ1) is 14.7. The van der Waals surface area contributed by atoms with Crippen molar-refractivity contribution in [2.24, 2.45) is 0 Å². The third kappa shape index (κ3) is 3.06. The number of pyridine rings is 1. The number of fused-ring (bicyclic) bond motifs is 6. The van der Waals surface area contributed by atoms with Crippen LogP contribution in [-0.2, 0) is 13.0 Å². The number of aromatic nitrogens is 1. The lowest BCUT2D eigenvalue weighted by Crippen LogP contribution is -2.30. The van der Waals surface area contributed by atoms with Gasteiger partial charge in [-0.25, -0.2) is 0 Å². The third-order valence-corrected chi connectivity index (χ3v) is 7.42. The fourth-order valence-corrected chi connectivity index (χ4v) is 6.16. The summed E-state index contributed by atoms with van der Waals surface area (Å²) in [4.78, 5) is 14.3. The van der Waals surface area contributed by atoms with Crippen molar-refractivity contribution in [3.63, 3.8) is 0 Å². The lowest BCUT2D eigenvalue weighted by molar-refractivity contribution is 0.305. The van der Waals surface area contributed by atoms with Crippen LogP contribution in [0.4, 0.5) is 0 Å². The summed E-state index contributed by atoms with van der Waals surface area (Å²) in [5.41, 5.74) is 3.39. The Balaban J connectivity index is 1.29. The Morgan fingerprint density at radius 1 is 1.07 bits per heavy atom. The van der Waals surface area contributed by atoms with Crippen molar-refractivity contribution in [2.75, 3.05) is 0 Å². The second-order valence-corrected chi connectivity index (χ2v) is 9.30. The molecule has 5 heteroatoms. The van der Waals surface area contributed by atoms with Crippen molar-refractivity contribution in [2.45, 2.75) is 38.0 Å². The molecule has 2 aliphatic heterocycles. The van der Waals surface area contributed by atoms with Gasteiger partial charge in [-0.05, 0) is 54.0 Å². The number of benzene rings is 2. The molecule has 1 N–H and O–H groups in total. The zero-order chi connectivity index (χ0) is 20.1. The van der Waals surface area contributed by atoms with Crippen molar-refractivity contribution in [1.82, 2.24) is 9.88 Å². The van der Waals surface area contributed by atoms with Crippen LogP contribution in [0.2, 0.25) is 0 Å². The summed E-state index contributed by atoms with van der Waals surface area (Å²) in [7, 11) is 0. The van der Waals surface area contributed by atoms with Crippen molar-refractivity contribution in [3.05, 3.63) is 93.2 Å². The largest absolute Gasteiger partial charge is 0.489 e. The number of thiophene rings is 1. The molecule has 2 aromatic heterocycles. The lowest BCUT2D eigenvalue weighted by atomic mass is 9.99. The van der Waals surface area contributed by atoms with E-state index in [4.69, 9.17) is 4.74 Å². The van der Waals surface area contributed by atoms with Gasteiger partial charge in [-0.15, -0.1) is 11.3 Å². The van der Waals surface area contributed by atoms with E-state index in [0.29, 0.717) is 24.4 Å². The first-order valence-electron chi connectivity index (χ1n) is 10.5. The fraction of sp³-hybridized carbons (Fsp3) is 0.240. The molecule has 1 saturated heterocycles. The van der Waals surface area contributed by atoms with Gasteiger partial charge in [-0.2, -0.15) is 0 Å². The minimum absolute atomic E-state index is 0.0815. The number of rotatable bonds is 4. The molecule has 30 heavy (non-hydrogen) atoms. The third-order valence-electron chi connectivity index (χ3n) is 6.23. The molecule has 0 spiro atoms. The molecule has 0 radical (unpaired) electrons. The molecular formula is C25H22N2O2S. The highest BCUT2D eigenvalue weighted by atomic mass is 32.1. The topological polar surface area (TPSA) is 43.3 Å². The minimum Gasteiger partial charge on any atom is -0.489 e. The second kappa shape index (κ2) is 7.11. The Morgan fingerprint density at radius 2 is 1.97 bits per heavy atom. The molecule has 150 valence electrons. The Labute approximate surface area is 178 Å². The number of hydrogen-bond donors (Lipinski definition) is 1. The Morgan fingerprint density at radius 3 is 2.83 bits per heavy atom. The van der Waals surface area contributed by atoms with Gasteiger partial charge in [-0.3, -0.25) is 9.36 Å². The highest BCUT2D eigenvalue weighted by Crippen LogP contribution is 2.44. The molecule has 4 nitrogen and oxygen atoms in total. The zero-order valence-corrected chi connectivity index (χ0v) is 17.3. The van der Waals surface area contributed by atoms with Crippen LogP contribution in [0.5, 0.6) is 5.75 Å². The maximum atomic E-state index is 12.8. The van der Waals surface area contributed by atoms with Gasteiger partial charge in [0.05, 0.1) is 5.69 Å². The van der Waals surface area contributed by atoms with E-state index >= 15 is 0 Å². The molecular weight excluding hydrogens is 392 g/mol. The molecule has 0 amide bonds. The number of hydrogen-bond acceptors (Lipinski definition) is 4. The fourth-order valence-electron chi connectivity index (χ4n) is 4.78. The van der Waals surface area contributed by atoms with E-state index in [1.54, 1.807) is 16.8 Å². The number of ether oxygens (including phenoxy) is 1. The standard InChI is InChI=1S/C25H22N2O2S/c28-24-14-19(29-15-16-4-2-1-3-5-16)10-11-27(24)18-7-8-20-22(13-18)30-23-12-17-6-9-21(26-17)25(20)23/h1-5,7-8,10-11,13-14,17,21,26H,6,9,12,15H2. The summed E-state index contributed by atoms with van der Waals surface area (Å²) in [6, 6.07) is 20.9. The van der Waals surface area contributed by atoms with E-state index in [-0.39, 0.29) is 5.56 Å². The van der Waals surface area contributed by atoms with Crippen LogP contribution in [0.3, 0.4) is 0 Å². The quantitative estimate of drug-likeness (QED) is 0.512. The number of nitrogens with zero attached hydrogens (tertiary/aromatic N) is 1. The van der Waals surface area contributed by atoms with Crippen LogP contribution in [0, 0.1) is 0 Å². The molecule has 6 rings (SSSR count). The van der Waals surface area contributed by atoms with Gasteiger partial charge in [0.25, 0.3) is 5.56 Å². The first-order valence-corrected chi connectivity index (χ1v) is 11.3. The van der Waals surface area contributed by atoms with Gasteiger partial charge in [0.2, 0.25) is 0 Å². The van der Waals surface area contributed by atoms with E-state index in [1.165, 1.54) is 33.4 Å².